The smallest absolute Gasteiger partial charge is 0.150 e. The molecular weight excluding hydrogens is 290 g/mol. The Morgan fingerprint density at radius 1 is 1.43 bits per heavy atom. The zero-order valence-corrected chi connectivity index (χ0v) is 12.0. The molecule has 2 heterocycles. The van der Waals surface area contributed by atoms with Gasteiger partial charge in [0.1, 0.15) is 11.8 Å². The van der Waals surface area contributed by atoms with E-state index in [4.69, 9.17) is 16.3 Å². The number of phenols is 1. The highest BCUT2D eigenvalue weighted by atomic mass is 35.5. The predicted octanol–water partition coefficient (Wildman–Crippen LogP) is 3.48. The fourth-order valence-electron chi connectivity index (χ4n) is 2.61. The van der Waals surface area contributed by atoms with Gasteiger partial charge in [0.15, 0.2) is 6.23 Å². The molecule has 1 saturated heterocycles. The number of halogens is 1. The van der Waals surface area contributed by atoms with E-state index in [1.54, 1.807) is 16.9 Å². The van der Waals surface area contributed by atoms with Crippen molar-refractivity contribution < 1.29 is 9.84 Å². The van der Waals surface area contributed by atoms with E-state index in [9.17, 15) is 10.4 Å². The summed E-state index contributed by atoms with van der Waals surface area (Å²) < 4.78 is 7.46. The summed E-state index contributed by atoms with van der Waals surface area (Å²) in [6, 6.07) is 6.80. The summed E-state index contributed by atoms with van der Waals surface area (Å²) in [5.74, 6) is -0.0309. The van der Waals surface area contributed by atoms with Crippen molar-refractivity contribution in [3.05, 3.63) is 35.0 Å². The number of phenolic OH excluding ortho intramolecular Hbond substituents is 1. The van der Waals surface area contributed by atoms with Gasteiger partial charge >= 0.3 is 0 Å². The molecule has 108 valence electrons. The second-order valence-corrected chi connectivity index (χ2v) is 5.38. The van der Waals surface area contributed by atoms with Gasteiger partial charge in [0.25, 0.3) is 0 Å². The average Bonchev–Trinajstić information content (AvgIpc) is 2.96. The Morgan fingerprint density at radius 2 is 2.29 bits per heavy atom. The summed E-state index contributed by atoms with van der Waals surface area (Å²) in [5, 5.41) is 24.1. The Morgan fingerprint density at radius 3 is 3.00 bits per heavy atom. The fourth-order valence-corrected chi connectivity index (χ4v) is 2.82. The summed E-state index contributed by atoms with van der Waals surface area (Å²) in [7, 11) is 0. The van der Waals surface area contributed by atoms with Gasteiger partial charge in [0.05, 0.1) is 16.8 Å². The fraction of sp³-hybridized carbons (Fsp3) is 0.333. The van der Waals surface area contributed by atoms with Crippen LogP contribution in [0.2, 0.25) is 5.02 Å². The maximum Gasteiger partial charge on any atom is 0.150 e. The molecule has 0 aliphatic carbocycles. The van der Waals surface area contributed by atoms with Crippen molar-refractivity contribution >= 4 is 11.6 Å². The number of nitrogens with zero attached hydrogens (tertiary/aromatic N) is 3. The summed E-state index contributed by atoms with van der Waals surface area (Å²) in [6.45, 7) is 0.696. The number of hydrogen-bond acceptors (Lipinski definition) is 4. The minimum absolute atomic E-state index is 0.0309. The van der Waals surface area contributed by atoms with E-state index in [0.29, 0.717) is 28.5 Å². The lowest BCUT2D eigenvalue weighted by Crippen LogP contribution is -2.20. The quantitative estimate of drug-likeness (QED) is 0.922. The van der Waals surface area contributed by atoms with Gasteiger partial charge in [-0.3, -0.25) is 0 Å². The number of nitriles is 1. The van der Waals surface area contributed by atoms with E-state index < -0.39 is 0 Å². The molecule has 0 amide bonds. The molecule has 6 heteroatoms. The zero-order valence-electron chi connectivity index (χ0n) is 11.3. The normalized spacial score (nSPS) is 18.4. The van der Waals surface area contributed by atoms with Gasteiger partial charge in [-0.2, -0.15) is 10.4 Å². The number of benzene rings is 1. The molecule has 1 unspecified atom stereocenters. The van der Waals surface area contributed by atoms with Crippen LogP contribution in [0.5, 0.6) is 5.75 Å². The van der Waals surface area contributed by atoms with Gasteiger partial charge in [-0.15, -0.1) is 0 Å². The van der Waals surface area contributed by atoms with E-state index in [-0.39, 0.29) is 12.0 Å². The maximum absolute atomic E-state index is 10.2. The van der Waals surface area contributed by atoms with Gasteiger partial charge < -0.3 is 9.84 Å². The molecule has 2 aromatic rings. The van der Waals surface area contributed by atoms with Crippen LogP contribution >= 0.6 is 11.6 Å². The molecule has 1 aromatic heterocycles. The summed E-state index contributed by atoms with van der Waals surface area (Å²) in [6.07, 6.45) is 4.46. The lowest BCUT2D eigenvalue weighted by Gasteiger charge is -2.25. The molecule has 1 fully saturated rings. The monoisotopic (exact) mass is 303 g/mol. The number of ether oxygens (including phenoxy) is 1. The highest BCUT2D eigenvalue weighted by molar-refractivity contribution is 6.31. The van der Waals surface area contributed by atoms with Crippen LogP contribution in [-0.4, -0.2) is 21.5 Å². The first-order chi connectivity index (χ1) is 10.2. The van der Waals surface area contributed by atoms with Crippen LogP contribution < -0.4 is 0 Å². The third-order valence-electron chi connectivity index (χ3n) is 3.56. The molecule has 1 atom stereocenters. The Balaban J connectivity index is 2.10. The van der Waals surface area contributed by atoms with Crippen LogP contribution in [0.15, 0.2) is 24.4 Å². The molecule has 5 nitrogen and oxygen atoms in total. The molecule has 3 rings (SSSR count). The van der Waals surface area contributed by atoms with E-state index in [1.165, 1.54) is 12.1 Å². The molecule has 0 saturated carbocycles. The Hall–Kier alpha value is -2.03. The van der Waals surface area contributed by atoms with Gasteiger partial charge in [-0.1, -0.05) is 11.6 Å². The molecule has 0 bridgehead atoms. The second kappa shape index (κ2) is 5.76. The average molecular weight is 304 g/mol. The summed E-state index contributed by atoms with van der Waals surface area (Å²) >= 11 is 5.89. The highest BCUT2D eigenvalue weighted by Crippen LogP contribution is 2.37. The van der Waals surface area contributed by atoms with Crippen LogP contribution in [0.25, 0.3) is 11.3 Å². The predicted molar refractivity (Wildman–Crippen MR) is 77.9 cm³/mol. The maximum atomic E-state index is 10.2. The molecule has 0 radical (unpaired) electrons. The second-order valence-electron chi connectivity index (χ2n) is 4.94. The van der Waals surface area contributed by atoms with Crippen molar-refractivity contribution in [2.75, 3.05) is 6.61 Å². The van der Waals surface area contributed by atoms with E-state index in [2.05, 4.69) is 11.2 Å². The standard InChI is InChI=1S/C15H14ClN3O2/c16-11-7-10(9-17)15(13(20)8-11)12-4-5-18-19(12)14-3-1-2-6-21-14/h4-5,7-8,14,20H,1-3,6H2. The van der Waals surface area contributed by atoms with Crippen molar-refractivity contribution in [2.45, 2.75) is 25.5 Å². The first-order valence-corrected chi connectivity index (χ1v) is 7.16. The number of rotatable bonds is 2. The number of hydrogen-bond donors (Lipinski definition) is 1. The molecule has 1 N–H and O–H groups in total. The van der Waals surface area contributed by atoms with Crippen molar-refractivity contribution in [2.24, 2.45) is 0 Å². The minimum Gasteiger partial charge on any atom is -0.507 e. The lowest BCUT2D eigenvalue weighted by atomic mass is 10.0. The minimum atomic E-state index is -0.162. The highest BCUT2D eigenvalue weighted by Gasteiger charge is 2.22. The van der Waals surface area contributed by atoms with Crippen LogP contribution in [0.4, 0.5) is 0 Å². The van der Waals surface area contributed by atoms with Crippen LogP contribution in [0, 0.1) is 11.3 Å². The van der Waals surface area contributed by atoms with Crippen LogP contribution in [-0.2, 0) is 4.74 Å². The molecule has 0 spiro atoms. The molecule has 1 aromatic carbocycles. The first-order valence-electron chi connectivity index (χ1n) is 6.79. The third kappa shape index (κ3) is 2.60. The van der Waals surface area contributed by atoms with Crippen LogP contribution in [0.3, 0.4) is 0 Å². The lowest BCUT2D eigenvalue weighted by molar-refractivity contribution is -0.0383. The van der Waals surface area contributed by atoms with Crippen LogP contribution in [0.1, 0.15) is 31.1 Å². The Labute approximate surface area is 127 Å². The van der Waals surface area contributed by atoms with Crippen molar-refractivity contribution in [3.63, 3.8) is 0 Å². The van der Waals surface area contributed by atoms with Crippen molar-refractivity contribution in [1.29, 1.82) is 5.26 Å². The van der Waals surface area contributed by atoms with Gasteiger partial charge in [-0.25, -0.2) is 4.68 Å². The van der Waals surface area contributed by atoms with Crippen molar-refractivity contribution in [3.8, 4) is 23.1 Å². The van der Waals surface area contributed by atoms with E-state index in [1.807, 2.05) is 0 Å². The van der Waals surface area contributed by atoms with E-state index >= 15 is 0 Å². The van der Waals surface area contributed by atoms with Gasteiger partial charge in [0, 0.05) is 17.8 Å². The molecule has 21 heavy (non-hydrogen) atoms. The number of aromatic hydroxyl groups is 1. The largest absolute Gasteiger partial charge is 0.507 e. The van der Waals surface area contributed by atoms with Crippen molar-refractivity contribution in [1.82, 2.24) is 9.78 Å². The zero-order chi connectivity index (χ0) is 14.8. The molecule has 1 aliphatic rings. The molecular formula is C15H14ClN3O2. The topological polar surface area (TPSA) is 71.1 Å². The van der Waals surface area contributed by atoms with Gasteiger partial charge in [0.2, 0.25) is 0 Å². The Kier molecular flexibility index (Phi) is 3.82. The number of aromatic nitrogens is 2. The van der Waals surface area contributed by atoms with Gasteiger partial charge in [-0.05, 0) is 37.5 Å². The Bertz CT molecular complexity index is 699. The third-order valence-corrected chi connectivity index (χ3v) is 3.78. The molecule has 1 aliphatic heterocycles. The summed E-state index contributed by atoms with van der Waals surface area (Å²) in [5.41, 5.74) is 1.42. The first kappa shape index (κ1) is 13.9. The summed E-state index contributed by atoms with van der Waals surface area (Å²) in [4.78, 5) is 0. The SMILES string of the molecule is N#Cc1cc(Cl)cc(O)c1-c1ccnn1C1CCCCO1. The van der Waals surface area contributed by atoms with E-state index in [0.717, 1.165) is 19.3 Å².